The molecule has 1 rings (SSSR count). The van der Waals surface area contributed by atoms with Gasteiger partial charge < -0.3 is 5.32 Å². The fraction of sp³-hybridized carbons (Fsp3) is 0.542. The summed E-state index contributed by atoms with van der Waals surface area (Å²) in [6, 6.07) is 5.32. The average molecular weight is 382 g/mol. The lowest BCUT2D eigenvalue weighted by Gasteiger charge is -2.04. The molecule has 0 unspecified atom stereocenters. The molecule has 4 heteroatoms. The number of pyridine rings is 1. The average Bonchev–Trinajstić information content (AvgIpc) is 2.71. The minimum absolute atomic E-state index is 0.0112. The van der Waals surface area contributed by atoms with Gasteiger partial charge in [-0.05, 0) is 50.7 Å². The number of carbonyl (C=O) groups is 1. The van der Waals surface area contributed by atoms with Gasteiger partial charge in [0.05, 0.1) is 5.56 Å². The van der Waals surface area contributed by atoms with E-state index in [-0.39, 0.29) is 5.91 Å². The zero-order chi connectivity index (χ0) is 20.3. The SMILES string of the molecule is CCCCC/C=C\C/C=C\CCCCCCCC(=O)Nc1ccc(C#N)cn1. The second kappa shape index (κ2) is 16.7. The predicted molar refractivity (Wildman–Crippen MR) is 117 cm³/mol. The quantitative estimate of drug-likeness (QED) is 0.271. The second-order valence-corrected chi connectivity index (χ2v) is 7.07. The third-order valence-electron chi connectivity index (χ3n) is 4.51. The first kappa shape index (κ1) is 23.6. The van der Waals surface area contributed by atoms with Gasteiger partial charge in [-0.2, -0.15) is 5.26 Å². The van der Waals surface area contributed by atoms with Crippen LogP contribution in [0.3, 0.4) is 0 Å². The molecule has 0 saturated carbocycles. The fourth-order valence-corrected chi connectivity index (χ4v) is 2.84. The van der Waals surface area contributed by atoms with Gasteiger partial charge in [-0.1, -0.05) is 63.3 Å². The number of hydrogen-bond acceptors (Lipinski definition) is 3. The lowest BCUT2D eigenvalue weighted by molar-refractivity contribution is -0.116. The molecule has 1 amide bonds. The number of hydrogen-bond donors (Lipinski definition) is 1. The van der Waals surface area contributed by atoms with Gasteiger partial charge >= 0.3 is 0 Å². The molecule has 0 aliphatic heterocycles. The summed E-state index contributed by atoms with van der Waals surface area (Å²) in [5, 5.41) is 11.5. The summed E-state index contributed by atoms with van der Waals surface area (Å²) in [7, 11) is 0. The Morgan fingerprint density at radius 3 is 2.32 bits per heavy atom. The first-order valence-electron chi connectivity index (χ1n) is 10.7. The molecule has 152 valence electrons. The Bertz CT molecular complexity index is 626. The van der Waals surface area contributed by atoms with Gasteiger partial charge in [0.15, 0.2) is 0 Å². The van der Waals surface area contributed by atoms with Crippen molar-refractivity contribution in [2.24, 2.45) is 0 Å². The van der Waals surface area contributed by atoms with Gasteiger partial charge in [-0.25, -0.2) is 4.98 Å². The molecule has 0 atom stereocenters. The summed E-state index contributed by atoms with van der Waals surface area (Å²) in [4.78, 5) is 15.9. The molecule has 1 N–H and O–H groups in total. The van der Waals surface area contributed by atoms with Gasteiger partial charge in [0.2, 0.25) is 5.91 Å². The van der Waals surface area contributed by atoms with Crippen molar-refractivity contribution in [3.63, 3.8) is 0 Å². The third-order valence-corrected chi connectivity index (χ3v) is 4.51. The predicted octanol–water partition coefficient (Wildman–Crippen LogP) is 6.71. The number of nitrogens with zero attached hydrogens (tertiary/aromatic N) is 2. The maximum absolute atomic E-state index is 11.9. The summed E-state index contributed by atoms with van der Waals surface area (Å²) in [5.41, 5.74) is 0.492. The zero-order valence-electron chi connectivity index (χ0n) is 17.3. The summed E-state index contributed by atoms with van der Waals surface area (Å²) in [5.74, 6) is 0.495. The Morgan fingerprint density at radius 2 is 1.68 bits per heavy atom. The maximum atomic E-state index is 11.9. The monoisotopic (exact) mass is 381 g/mol. The van der Waals surface area contributed by atoms with Crippen LogP contribution in [-0.2, 0) is 4.79 Å². The van der Waals surface area contributed by atoms with E-state index in [9.17, 15) is 4.79 Å². The van der Waals surface area contributed by atoms with Crippen LogP contribution in [0.25, 0.3) is 0 Å². The molecular weight excluding hydrogens is 346 g/mol. The van der Waals surface area contributed by atoms with Crippen LogP contribution in [0.15, 0.2) is 42.6 Å². The van der Waals surface area contributed by atoms with Crippen molar-refractivity contribution < 1.29 is 4.79 Å². The molecule has 0 aliphatic carbocycles. The van der Waals surface area contributed by atoms with E-state index in [1.807, 2.05) is 6.07 Å². The molecule has 4 nitrogen and oxygen atoms in total. The number of unbranched alkanes of at least 4 members (excludes halogenated alkanes) is 8. The fourth-order valence-electron chi connectivity index (χ4n) is 2.84. The number of nitriles is 1. The normalized spacial score (nSPS) is 11.1. The van der Waals surface area contributed by atoms with Crippen molar-refractivity contribution in [3.05, 3.63) is 48.2 Å². The highest BCUT2D eigenvalue weighted by molar-refractivity contribution is 5.89. The smallest absolute Gasteiger partial charge is 0.225 e. The van der Waals surface area contributed by atoms with E-state index >= 15 is 0 Å². The summed E-state index contributed by atoms with van der Waals surface area (Å²) < 4.78 is 0. The van der Waals surface area contributed by atoms with E-state index in [0.29, 0.717) is 17.8 Å². The number of anilines is 1. The first-order valence-corrected chi connectivity index (χ1v) is 10.7. The van der Waals surface area contributed by atoms with Crippen LogP contribution in [0.5, 0.6) is 0 Å². The van der Waals surface area contributed by atoms with Crippen molar-refractivity contribution in [3.8, 4) is 6.07 Å². The third kappa shape index (κ3) is 12.9. The Kier molecular flexibility index (Phi) is 14.1. The van der Waals surface area contributed by atoms with E-state index in [0.717, 1.165) is 25.7 Å². The number of amides is 1. The van der Waals surface area contributed by atoms with Gasteiger partial charge in [-0.3, -0.25) is 4.79 Å². The standard InChI is InChI=1S/C24H35N3O/c1-2-3-4-5-6-7-8-9-10-11-12-13-14-15-16-17-24(28)27-23-19-18-22(20-25)21-26-23/h6-7,9-10,18-19,21H,2-5,8,11-17H2,1H3,(H,26,27,28)/b7-6-,10-9-. The van der Waals surface area contributed by atoms with Crippen LogP contribution in [0.1, 0.15) is 89.5 Å². The second-order valence-electron chi connectivity index (χ2n) is 7.07. The van der Waals surface area contributed by atoms with Crippen LogP contribution in [0.4, 0.5) is 5.82 Å². The summed E-state index contributed by atoms with van der Waals surface area (Å²) in [6.45, 7) is 2.24. The van der Waals surface area contributed by atoms with Gasteiger partial charge in [0, 0.05) is 12.6 Å². The molecule has 28 heavy (non-hydrogen) atoms. The lowest BCUT2D eigenvalue weighted by Crippen LogP contribution is -2.12. The van der Waals surface area contributed by atoms with E-state index in [1.165, 1.54) is 51.1 Å². The highest BCUT2D eigenvalue weighted by Crippen LogP contribution is 2.10. The minimum Gasteiger partial charge on any atom is -0.311 e. The lowest BCUT2D eigenvalue weighted by atomic mass is 10.1. The minimum atomic E-state index is -0.0112. The summed E-state index contributed by atoms with van der Waals surface area (Å²) in [6.07, 6.45) is 24.0. The highest BCUT2D eigenvalue weighted by atomic mass is 16.1. The first-order chi connectivity index (χ1) is 13.8. The molecular formula is C24H35N3O. The summed E-state index contributed by atoms with van der Waals surface area (Å²) >= 11 is 0. The molecule has 0 fully saturated rings. The highest BCUT2D eigenvalue weighted by Gasteiger charge is 2.03. The van der Waals surface area contributed by atoms with Crippen molar-refractivity contribution in [1.82, 2.24) is 4.98 Å². The van der Waals surface area contributed by atoms with Crippen molar-refractivity contribution in [2.75, 3.05) is 5.32 Å². The molecule has 1 heterocycles. The number of allylic oxidation sites excluding steroid dienone is 4. The number of carbonyl (C=O) groups excluding carboxylic acids is 1. The Morgan fingerprint density at radius 1 is 1.00 bits per heavy atom. The molecule has 0 aliphatic rings. The van der Waals surface area contributed by atoms with Crippen molar-refractivity contribution in [1.29, 1.82) is 5.26 Å². The number of rotatable bonds is 15. The Hall–Kier alpha value is -2.41. The molecule has 0 spiro atoms. The molecule has 0 saturated heterocycles. The molecule has 1 aromatic rings. The van der Waals surface area contributed by atoms with E-state index in [4.69, 9.17) is 5.26 Å². The molecule has 0 aromatic carbocycles. The van der Waals surface area contributed by atoms with Crippen molar-refractivity contribution in [2.45, 2.75) is 84.0 Å². The Labute approximate surface area is 170 Å². The van der Waals surface area contributed by atoms with E-state index in [2.05, 4.69) is 41.5 Å². The van der Waals surface area contributed by atoms with E-state index < -0.39 is 0 Å². The zero-order valence-corrected chi connectivity index (χ0v) is 17.3. The topological polar surface area (TPSA) is 65.8 Å². The van der Waals surface area contributed by atoms with Crippen LogP contribution < -0.4 is 5.32 Å². The van der Waals surface area contributed by atoms with E-state index in [1.54, 1.807) is 12.1 Å². The Balaban J connectivity index is 1.93. The van der Waals surface area contributed by atoms with Gasteiger partial charge in [0.1, 0.15) is 11.9 Å². The van der Waals surface area contributed by atoms with Crippen LogP contribution in [-0.4, -0.2) is 10.9 Å². The molecule has 0 bridgehead atoms. The number of nitrogens with one attached hydrogen (secondary N) is 1. The van der Waals surface area contributed by atoms with Gasteiger partial charge in [-0.15, -0.1) is 0 Å². The maximum Gasteiger partial charge on any atom is 0.225 e. The van der Waals surface area contributed by atoms with Gasteiger partial charge in [0.25, 0.3) is 0 Å². The van der Waals surface area contributed by atoms with Crippen LogP contribution >= 0.6 is 0 Å². The van der Waals surface area contributed by atoms with Crippen LogP contribution in [0, 0.1) is 11.3 Å². The van der Waals surface area contributed by atoms with Crippen LogP contribution in [0.2, 0.25) is 0 Å². The molecule has 1 aromatic heterocycles. The largest absolute Gasteiger partial charge is 0.311 e. The molecule has 0 radical (unpaired) electrons. The number of aromatic nitrogens is 1. The van der Waals surface area contributed by atoms with Crippen molar-refractivity contribution >= 4 is 11.7 Å².